The summed E-state index contributed by atoms with van der Waals surface area (Å²) in [5.41, 5.74) is 2.72. The standard InChI is InChI=1S/C17H29N3/c1-13(2)10-19-11-15-7-8-18-12-17(15)20-9-5-6-16(20)14(3)4/h7-8,12-14,16,19H,5-6,9-11H2,1-4H3. The summed E-state index contributed by atoms with van der Waals surface area (Å²) in [6, 6.07) is 2.83. The Morgan fingerprint density at radius 3 is 2.85 bits per heavy atom. The maximum absolute atomic E-state index is 4.36. The second-order valence-corrected chi connectivity index (χ2v) is 6.68. The van der Waals surface area contributed by atoms with Crippen LogP contribution in [-0.4, -0.2) is 24.1 Å². The van der Waals surface area contributed by atoms with Gasteiger partial charge in [-0.15, -0.1) is 0 Å². The average molecular weight is 275 g/mol. The van der Waals surface area contributed by atoms with Crippen LogP contribution in [0.2, 0.25) is 0 Å². The first-order valence-electron chi connectivity index (χ1n) is 8.00. The normalized spacial score (nSPS) is 19.3. The van der Waals surface area contributed by atoms with Crippen molar-refractivity contribution >= 4 is 5.69 Å². The fourth-order valence-corrected chi connectivity index (χ4v) is 3.10. The van der Waals surface area contributed by atoms with Crippen LogP contribution in [0.25, 0.3) is 0 Å². The number of rotatable bonds is 6. The number of aromatic nitrogens is 1. The van der Waals surface area contributed by atoms with Crippen molar-refractivity contribution in [2.45, 2.75) is 53.1 Å². The predicted octanol–water partition coefficient (Wildman–Crippen LogP) is 3.45. The number of nitrogens with one attached hydrogen (secondary N) is 1. The van der Waals surface area contributed by atoms with Gasteiger partial charge < -0.3 is 10.2 Å². The Kier molecular flexibility index (Phi) is 5.41. The first kappa shape index (κ1) is 15.3. The molecule has 2 heterocycles. The molecule has 3 nitrogen and oxygen atoms in total. The van der Waals surface area contributed by atoms with Gasteiger partial charge in [-0.3, -0.25) is 4.98 Å². The lowest BCUT2D eigenvalue weighted by Crippen LogP contribution is -2.34. The Morgan fingerprint density at radius 2 is 2.15 bits per heavy atom. The molecule has 0 aromatic carbocycles. The molecule has 0 aliphatic carbocycles. The molecular formula is C17H29N3. The van der Waals surface area contributed by atoms with Crippen molar-refractivity contribution in [3.8, 4) is 0 Å². The maximum Gasteiger partial charge on any atom is 0.0600 e. The Balaban J connectivity index is 2.10. The van der Waals surface area contributed by atoms with E-state index in [1.807, 2.05) is 12.4 Å². The predicted molar refractivity (Wildman–Crippen MR) is 86.0 cm³/mol. The van der Waals surface area contributed by atoms with Crippen molar-refractivity contribution < 1.29 is 0 Å². The first-order chi connectivity index (χ1) is 9.59. The Hall–Kier alpha value is -1.09. The Morgan fingerprint density at radius 1 is 1.35 bits per heavy atom. The molecule has 1 fully saturated rings. The maximum atomic E-state index is 4.36. The molecule has 20 heavy (non-hydrogen) atoms. The van der Waals surface area contributed by atoms with Gasteiger partial charge in [0.05, 0.1) is 11.9 Å². The van der Waals surface area contributed by atoms with Gasteiger partial charge in [0.2, 0.25) is 0 Å². The van der Waals surface area contributed by atoms with E-state index in [-0.39, 0.29) is 0 Å². The van der Waals surface area contributed by atoms with Crippen LogP contribution in [-0.2, 0) is 6.54 Å². The van der Waals surface area contributed by atoms with Gasteiger partial charge in [0.1, 0.15) is 0 Å². The summed E-state index contributed by atoms with van der Waals surface area (Å²) < 4.78 is 0. The Labute approximate surface area is 123 Å². The third-order valence-corrected chi connectivity index (χ3v) is 4.13. The highest BCUT2D eigenvalue weighted by molar-refractivity contribution is 5.53. The fraction of sp³-hybridized carbons (Fsp3) is 0.706. The van der Waals surface area contributed by atoms with Crippen LogP contribution in [0, 0.1) is 11.8 Å². The molecule has 3 heteroatoms. The molecule has 112 valence electrons. The molecule has 0 bridgehead atoms. The molecule has 1 aromatic rings. The van der Waals surface area contributed by atoms with Crippen molar-refractivity contribution in [2.75, 3.05) is 18.0 Å². The summed E-state index contributed by atoms with van der Waals surface area (Å²) in [4.78, 5) is 6.93. The lowest BCUT2D eigenvalue weighted by Gasteiger charge is -2.31. The quantitative estimate of drug-likeness (QED) is 0.862. The topological polar surface area (TPSA) is 28.2 Å². The number of hydrogen-bond donors (Lipinski definition) is 1. The highest BCUT2D eigenvalue weighted by Gasteiger charge is 2.28. The van der Waals surface area contributed by atoms with Gasteiger partial charge in [0.15, 0.2) is 0 Å². The third-order valence-electron chi connectivity index (χ3n) is 4.13. The van der Waals surface area contributed by atoms with Crippen molar-refractivity contribution in [3.05, 3.63) is 24.0 Å². The van der Waals surface area contributed by atoms with Gasteiger partial charge in [-0.2, -0.15) is 0 Å². The van der Waals surface area contributed by atoms with E-state index in [2.05, 4.69) is 49.0 Å². The minimum Gasteiger partial charge on any atom is -0.367 e. The Bertz CT molecular complexity index is 414. The van der Waals surface area contributed by atoms with E-state index in [1.54, 1.807) is 0 Å². The van der Waals surface area contributed by atoms with Gasteiger partial charge >= 0.3 is 0 Å². The molecular weight excluding hydrogens is 246 g/mol. The molecule has 1 N–H and O–H groups in total. The monoisotopic (exact) mass is 275 g/mol. The minimum atomic E-state index is 0.669. The highest BCUT2D eigenvalue weighted by Crippen LogP contribution is 2.31. The van der Waals surface area contributed by atoms with Crippen molar-refractivity contribution in [2.24, 2.45) is 11.8 Å². The zero-order chi connectivity index (χ0) is 14.5. The number of hydrogen-bond acceptors (Lipinski definition) is 3. The highest BCUT2D eigenvalue weighted by atomic mass is 15.2. The van der Waals surface area contributed by atoms with Crippen LogP contribution in [0.5, 0.6) is 0 Å². The van der Waals surface area contributed by atoms with Crippen molar-refractivity contribution in [3.63, 3.8) is 0 Å². The van der Waals surface area contributed by atoms with Crippen LogP contribution >= 0.6 is 0 Å². The number of anilines is 1. The molecule has 0 radical (unpaired) electrons. The van der Waals surface area contributed by atoms with Crippen molar-refractivity contribution in [1.82, 2.24) is 10.3 Å². The van der Waals surface area contributed by atoms with Crippen LogP contribution in [0.1, 0.15) is 46.1 Å². The number of pyridine rings is 1. The molecule has 2 rings (SSSR count). The van der Waals surface area contributed by atoms with Crippen LogP contribution < -0.4 is 10.2 Å². The van der Waals surface area contributed by atoms with E-state index in [4.69, 9.17) is 0 Å². The summed E-state index contributed by atoms with van der Waals surface area (Å²) >= 11 is 0. The summed E-state index contributed by atoms with van der Waals surface area (Å²) in [7, 11) is 0. The summed E-state index contributed by atoms with van der Waals surface area (Å²) in [6.45, 7) is 12.3. The minimum absolute atomic E-state index is 0.669. The second-order valence-electron chi connectivity index (χ2n) is 6.68. The lowest BCUT2D eigenvalue weighted by atomic mass is 10.0. The zero-order valence-corrected chi connectivity index (χ0v) is 13.4. The van der Waals surface area contributed by atoms with E-state index >= 15 is 0 Å². The summed E-state index contributed by atoms with van der Waals surface area (Å²) in [5, 5.41) is 3.55. The SMILES string of the molecule is CC(C)CNCc1ccncc1N1CCCC1C(C)C. The molecule has 1 saturated heterocycles. The number of nitrogens with zero attached hydrogens (tertiary/aromatic N) is 2. The lowest BCUT2D eigenvalue weighted by molar-refractivity contribution is 0.490. The van der Waals surface area contributed by atoms with Gasteiger partial charge in [-0.1, -0.05) is 27.7 Å². The fourth-order valence-electron chi connectivity index (χ4n) is 3.10. The molecule has 1 unspecified atom stereocenters. The molecule has 0 amide bonds. The van der Waals surface area contributed by atoms with E-state index in [1.165, 1.54) is 30.6 Å². The average Bonchev–Trinajstić information content (AvgIpc) is 2.88. The molecule has 0 spiro atoms. The van der Waals surface area contributed by atoms with Crippen LogP contribution in [0.15, 0.2) is 18.5 Å². The molecule has 1 aliphatic rings. The zero-order valence-electron chi connectivity index (χ0n) is 13.4. The smallest absolute Gasteiger partial charge is 0.0600 e. The van der Waals surface area contributed by atoms with Crippen molar-refractivity contribution in [1.29, 1.82) is 0 Å². The summed E-state index contributed by atoms with van der Waals surface area (Å²) in [5.74, 6) is 1.39. The van der Waals surface area contributed by atoms with Gasteiger partial charge in [-0.05, 0) is 42.9 Å². The van der Waals surface area contributed by atoms with Gasteiger partial charge in [0.25, 0.3) is 0 Å². The van der Waals surface area contributed by atoms with E-state index in [9.17, 15) is 0 Å². The van der Waals surface area contributed by atoms with Crippen LogP contribution in [0.3, 0.4) is 0 Å². The first-order valence-corrected chi connectivity index (χ1v) is 8.00. The van der Waals surface area contributed by atoms with E-state index in [0.717, 1.165) is 13.1 Å². The van der Waals surface area contributed by atoms with E-state index in [0.29, 0.717) is 17.9 Å². The van der Waals surface area contributed by atoms with Gasteiger partial charge in [0, 0.05) is 25.3 Å². The molecule has 1 aromatic heterocycles. The second kappa shape index (κ2) is 7.07. The van der Waals surface area contributed by atoms with E-state index < -0.39 is 0 Å². The van der Waals surface area contributed by atoms with Crippen LogP contribution in [0.4, 0.5) is 5.69 Å². The third kappa shape index (κ3) is 3.72. The summed E-state index contributed by atoms with van der Waals surface area (Å²) in [6.07, 6.45) is 6.57. The van der Waals surface area contributed by atoms with Gasteiger partial charge in [-0.25, -0.2) is 0 Å². The molecule has 0 saturated carbocycles. The largest absolute Gasteiger partial charge is 0.367 e. The molecule has 1 aliphatic heterocycles. The molecule has 1 atom stereocenters.